The first kappa shape index (κ1) is 9.66. The maximum atomic E-state index is 11.2. The second kappa shape index (κ2) is 4.56. The van der Waals surface area contributed by atoms with Gasteiger partial charge in [0.05, 0.1) is 4.88 Å². The van der Waals surface area contributed by atoms with Crippen LogP contribution in [0.1, 0.15) is 16.1 Å². The molecule has 0 atom stereocenters. The molecule has 0 radical (unpaired) electrons. The summed E-state index contributed by atoms with van der Waals surface area (Å²) in [4.78, 5) is 21.8. The van der Waals surface area contributed by atoms with Crippen LogP contribution in [0.15, 0.2) is 12.3 Å². The summed E-state index contributed by atoms with van der Waals surface area (Å²) in [5.41, 5.74) is 0. The largest absolute Gasteiger partial charge is 0.465 e. The van der Waals surface area contributed by atoms with Gasteiger partial charge in [0.15, 0.2) is 5.78 Å². The Labute approximate surface area is 78.6 Å². The first-order valence-electron chi connectivity index (χ1n) is 3.61. The SMILES string of the molecule is O=C(O)NCCC(=O)c1ccns1. The maximum Gasteiger partial charge on any atom is 0.404 e. The van der Waals surface area contributed by atoms with Crippen molar-refractivity contribution >= 4 is 23.4 Å². The Morgan fingerprint density at radius 2 is 2.38 bits per heavy atom. The molecule has 0 aromatic carbocycles. The lowest BCUT2D eigenvalue weighted by Crippen LogP contribution is -2.23. The monoisotopic (exact) mass is 200 g/mol. The Hall–Kier alpha value is -1.43. The zero-order chi connectivity index (χ0) is 9.68. The summed E-state index contributed by atoms with van der Waals surface area (Å²) >= 11 is 1.12. The third-order valence-corrected chi connectivity index (χ3v) is 2.13. The third-order valence-electron chi connectivity index (χ3n) is 1.34. The quantitative estimate of drug-likeness (QED) is 0.710. The maximum absolute atomic E-state index is 11.2. The molecule has 0 unspecified atom stereocenters. The Morgan fingerprint density at radius 3 is 2.92 bits per heavy atom. The average molecular weight is 200 g/mol. The minimum absolute atomic E-state index is 0.0868. The molecule has 0 spiro atoms. The average Bonchev–Trinajstić information content (AvgIpc) is 2.55. The van der Waals surface area contributed by atoms with Gasteiger partial charge in [-0.05, 0) is 17.6 Å². The van der Waals surface area contributed by atoms with Crippen molar-refractivity contribution in [1.82, 2.24) is 9.69 Å². The van der Waals surface area contributed by atoms with E-state index in [0.717, 1.165) is 11.5 Å². The number of nitrogens with zero attached hydrogens (tertiary/aromatic N) is 1. The molecule has 1 aromatic rings. The van der Waals surface area contributed by atoms with Crippen LogP contribution in [0.3, 0.4) is 0 Å². The van der Waals surface area contributed by atoms with Crippen molar-refractivity contribution < 1.29 is 14.7 Å². The zero-order valence-electron chi connectivity index (χ0n) is 6.69. The van der Waals surface area contributed by atoms with Crippen molar-refractivity contribution in [1.29, 1.82) is 0 Å². The van der Waals surface area contributed by atoms with Crippen molar-refractivity contribution in [2.45, 2.75) is 6.42 Å². The summed E-state index contributed by atoms with van der Waals surface area (Å²) < 4.78 is 3.77. The number of amides is 1. The fraction of sp³-hybridized carbons (Fsp3) is 0.286. The number of Topliss-reactive ketones (excluding diaryl/α,β-unsaturated/α-hetero) is 1. The van der Waals surface area contributed by atoms with E-state index in [1.165, 1.54) is 0 Å². The predicted octanol–water partition coefficient (Wildman–Crippen LogP) is 0.983. The van der Waals surface area contributed by atoms with E-state index in [1.807, 2.05) is 0 Å². The summed E-state index contributed by atoms with van der Waals surface area (Å²) in [6.45, 7) is 0.145. The summed E-state index contributed by atoms with van der Waals surface area (Å²) in [5, 5.41) is 10.3. The Bertz CT molecular complexity index is 297. The fourth-order valence-corrected chi connectivity index (χ4v) is 1.33. The van der Waals surface area contributed by atoms with Crippen LogP contribution < -0.4 is 5.32 Å². The number of hydrogen-bond acceptors (Lipinski definition) is 4. The minimum Gasteiger partial charge on any atom is -0.465 e. The number of nitrogens with one attached hydrogen (secondary N) is 1. The van der Waals surface area contributed by atoms with Gasteiger partial charge < -0.3 is 10.4 Å². The summed E-state index contributed by atoms with van der Waals surface area (Å²) in [5.74, 6) is -0.0868. The van der Waals surface area contributed by atoms with Gasteiger partial charge in [0.2, 0.25) is 0 Å². The second-order valence-corrected chi connectivity index (χ2v) is 3.12. The number of rotatable bonds is 4. The molecular formula is C7H8N2O3S. The van der Waals surface area contributed by atoms with Gasteiger partial charge in [0, 0.05) is 19.2 Å². The summed E-state index contributed by atoms with van der Waals surface area (Å²) in [6, 6.07) is 1.62. The summed E-state index contributed by atoms with van der Waals surface area (Å²) in [6.07, 6.45) is 0.605. The van der Waals surface area contributed by atoms with Crippen LogP contribution in [0.2, 0.25) is 0 Å². The van der Waals surface area contributed by atoms with Crippen LogP contribution in [0.4, 0.5) is 4.79 Å². The lowest BCUT2D eigenvalue weighted by Gasteiger charge is -1.97. The van der Waals surface area contributed by atoms with E-state index in [0.29, 0.717) is 4.88 Å². The lowest BCUT2D eigenvalue weighted by molar-refractivity contribution is 0.0987. The van der Waals surface area contributed by atoms with Crippen molar-refractivity contribution in [3.63, 3.8) is 0 Å². The first-order chi connectivity index (χ1) is 6.20. The highest BCUT2D eigenvalue weighted by Gasteiger charge is 2.07. The molecule has 13 heavy (non-hydrogen) atoms. The Balaban J connectivity index is 2.31. The number of hydrogen-bond donors (Lipinski definition) is 2. The molecule has 6 heteroatoms. The molecule has 0 aliphatic carbocycles. The van der Waals surface area contributed by atoms with E-state index in [9.17, 15) is 9.59 Å². The van der Waals surface area contributed by atoms with Crippen molar-refractivity contribution in [2.75, 3.05) is 6.54 Å². The van der Waals surface area contributed by atoms with Gasteiger partial charge >= 0.3 is 6.09 Å². The molecule has 1 aromatic heterocycles. The predicted molar refractivity (Wildman–Crippen MR) is 47.1 cm³/mol. The highest BCUT2D eigenvalue weighted by Crippen LogP contribution is 2.06. The van der Waals surface area contributed by atoms with E-state index in [2.05, 4.69) is 9.69 Å². The fourth-order valence-electron chi connectivity index (χ4n) is 0.766. The second-order valence-electron chi connectivity index (χ2n) is 2.28. The van der Waals surface area contributed by atoms with E-state index >= 15 is 0 Å². The third kappa shape index (κ3) is 3.20. The Morgan fingerprint density at radius 1 is 1.62 bits per heavy atom. The van der Waals surface area contributed by atoms with Crippen molar-refractivity contribution in [3.8, 4) is 0 Å². The van der Waals surface area contributed by atoms with Crippen LogP contribution in [-0.2, 0) is 0 Å². The van der Waals surface area contributed by atoms with Crippen LogP contribution in [0.25, 0.3) is 0 Å². The molecule has 0 saturated heterocycles. The molecule has 1 amide bonds. The number of carbonyl (C=O) groups is 2. The molecule has 0 bridgehead atoms. The van der Waals surface area contributed by atoms with Crippen molar-refractivity contribution in [3.05, 3.63) is 17.1 Å². The number of ketones is 1. The molecule has 0 saturated carbocycles. The molecule has 2 N–H and O–H groups in total. The van der Waals surface area contributed by atoms with E-state index < -0.39 is 6.09 Å². The first-order valence-corrected chi connectivity index (χ1v) is 4.38. The van der Waals surface area contributed by atoms with E-state index in [-0.39, 0.29) is 18.7 Å². The highest BCUT2D eigenvalue weighted by atomic mass is 32.1. The Kier molecular flexibility index (Phi) is 3.39. The van der Waals surface area contributed by atoms with Crippen LogP contribution in [-0.4, -0.2) is 27.9 Å². The van der Waals surface area contributed by atoms with Crippen LogP contribution in [0.5, 0.6) is 0 Å². The van der Waals surface area contributed by atoms with Gasteiger partial charge in [0.1, 0.15) is 0 Å². The van der Waals surface area contributed by atoms with Gasteiger partial charge in [-0.2, -0.15) is 0 Å². The molecule has 70 valence electrons. The number of carbonyl (C=O) groups excluding carboxylic acids is 1. The van der Waals surface area contributed by atoms with Crippen LogP contribution >= 0.6 is 11.5 Å². The molecule has 5 nitrogen and oxygen atoms in total. The smallest absolute Gasteiger partial charge is 0.404 e. The molecule has 1 rings (SSSR count). The van der Waals surface area contributed by atoms with Gasteiger partial charge in [-0.15, -0.1) is 0 Å². The van der Waals surface area contributed by atoms with Gasteiger partial charge in [-0.25, -0.2) is 9.17 Å². The highest BCUT2D eigenvalue weighted by molar-refractivity contribution is 7.08. The summed E-state index contributed by atoms with van der Waals surface area (Å²) in [7, 11) is 0. The normalized spacial score (nSPS) is 9.54. The standard InChI is InChI=1S/C7H8N2O3S/c10-5(1-3-8-7(11)12)6-2-4-9-13-6/h2,4,8H,1,3H2,(H,11,12). The molecular weight excluding hydrogens is 192 g/mol. The number of carboxylic acid groups (broad SMARTS) is 1. The molecule has 0 fully saturated rings. The molecule has 0 aliphatic rings. The molecule has 0 aliphatic heterocycles. The van der Waals surface area contributed by atoms with Gasteiger partial charge in [0.25, 0.3) is 0 Å². The molecule has 1 heterocycles. The minimum atomic E-state index is -1.11. The van der Waals surface area contributed by atoms with Gasteiger partial charge in [-0.3, -0.25) is 4.79 Å². The van der Waals surface area contributed by atoms with Crippen molar-refractivity contribution in [2.24, 2.45) is 0 Å². The lowest BCUT2D eigenvalue weighted by atomic mass is 10.2. The number of aromatic nitrogens is 1. The van der Waals surface area contributed by atoms with E-state index in [1.54, 1.807) is 12.3 Å². The van der Waals surface area contributed by atoms with Crippen LogP contribution in [0, 0.1) is 0 Å². The topological polar surface area (TPSA) is 79.3 Å². The zero-order valence-corrected chi connectivity index (χ0v) is 7.50. The van der Waals surface area contributed by atoms with E-state index in [4.69, 9.17) is 5.11 Å². The van der Waals surface area contributed by atoms with Gasteiger partial charge in [-0.1, -0.05) is 0 Å².